The SMILES string of the molecule is CC(C)OCCCC(=O)Nc1cc(I)cc(C(=O)O)c1. The monoisotopic (exact) mass is 391 g/mol. The van der Waals surface area contributed by atoms with Gasteiger partial charge in [-0.1, -0.05) is 0 Å². The predicted molar refractivity (Wildman–Crippen MR) is 85.1 cm³/mol. The van der Waals surface area contributed by atoms with Crippen molar-refractivity contribution in [2.45, 2.75) is 32.8 Å². The third-order valence-electron chi connectivity index (χ3n) is 2.43. The van der Waals surface area contributed by atoms with Crippen LogP contribution < -0.4 is 5.32 Å². The molecule has 0 aromatic heterocycles. The fourth-order valence-corrected chi connectivity index (χ4v) is 2.23. The highest BCUT2D eigenvalue weighted by atomic mass is 127. The topological polar surface area (TPSA) is 75.6 Å². The van der Waals surface area contributed by atoms with E-state index in [4.69, 9.17) is 9.84 Å². The second-order valence-corrected chi connectivity index (χ2v) is 5.85. The lowest BCUT2D eigenvalue weighted by Gasteiger charge is -2.09. The van der Waals surface area contributed by atoms with E-state index < -0.39 is 5.97 Å². The van der Waals surface area contributed by atoms with Crippen molar-refractivity contribution in [3.05, 3.63) is 27.3 Å². The molecule has 0 heterocycles. The lowest BCUT2D eigenvalue weighted by atomic mass is 10.2. The van der Waals surface area contributed by atoms with E-state index >= 15 is 0 Å². The van der Waals surface area contributed by atoms with E-state index in [1.54, 1.807) is 12.1 Å². The van der Waals surface area contributed by atoms with E-state index in [0.717, 1.165) is 3.57 Å². The van der Waals surface area contributed by atoms with Crippen molar-refractivity contribution in [1.29, 1.82) is 0 Å². The quantitative estimate of drug-likeness (QED) is 0.553. The van der Waals surface area contributed by atoms with Crippen molar-refractivity contribution in [1.82, 2.24) is 0 Å². The molecule has 6 heteroatoms. The molecule has 110 valence electrons. The Morgan fingerprint density at radius 2 is 2.05 bits per heavy atom. The molecule has 1 aromatic rings. The summed E-state index contributed by atoms with van der Waals surface area (Å²) in [6.45, 7) is 4.43. The van der Waals surface area contributed by atoms with Crippen molar-refractivity contribution in [3.63, 3.8) is 0 Å². The molecule has 0 fully saturated rings. The Morgan fingerprint density at radius 1 is 1.35 bits per heavy atom. The zero-order valence-corrected chi connectivity index (χ0v) is 13.6. The van der Waals surface area contributed by atoms with Gasteiger partial charge in [0.05, 0.1) is 11.7 Å². The number of hydrogen-bond donors (Lipinski definition) is 2. The number of anilines is 1. The summed E-state index contributed by atoms with van der Waals surface area (Å²) in [5.41, 5.74) is 0.666. The summed E-state index contributed by atoms with van der Waals surface area (Å²) in [5, 5.41) is 11.7. The molecule has 0 aliphatic heterocycles. The summed E-state index contributed by atoms with van der Waals surface area (Å²) in [7, 11) is 0. The van der Waals surface area contributed by atoms with Crippen LogP contribution in [0.3, 0.4) is 0 Å². The highest BCUT2D eigenvalue weighted by molar-refractivity contribution is 14.1. The lowest BCUT2D eigenvalue weighted by Crippen LogP contribution is -2.14. The number of rotatable bonds is 7. The van der Waals surface area contributed by atoms with Crippen LogP contribution in [-0.2, 0) is 9.53 Å². The third kappa shape index (κ3) is 6.33. The standard InChI is InChI=1S/C14H18INO4/c1-9(2)20-5-3-4-13(17)16-12-7-10(14(18)19)6-11(15)8-12/h6-9H,3-5H2,1-2H3,(H,16,17)(H,18,19). The maximum atomic E-state index is 11.7. The van der Waals surface area contributed by atoms with Crippen LogP contribution in [0.5, 0.6) is 0 Å². The maximum Gasteiger partial charge on any atom is 0.335 e. The first kappa shape index (κ1) is 16.9. The number of nitrogens with one attached hydrogen (secondary N) is 1. The zero-order chi connectivity index (χ0) is 15.1. The summed E-state index contributed by atoms with van der Waals surface area (Å²) in [6.07, 6.45) is 1.15. The minimum Gasteiger partial charge on any atom is -0.478 e. The Bertz CT molecular complexity index is 488. The van der Waals surface area contributed by atoms with Crippen LogP contribution in [0.15, 0.2) is 18.2 Å². The molecule has 0 unspecified atom stereocenters. The van der Waals surface area contributed by atoms with Gasteiger partial charge in [0.2, 0.25) is 5.91 Å². The van der Waals surface area contributed by atoms with Gasteiger partial charge in [-0.2, -0.15) is 0 Å². The summed E-state index contributed by atoms with van der Waals surface area (Å²) >= 11 is 2.02. The van der Waals surface area contributed by atoms with E-state index in [0.29, 0.717) is 25.1 Å². The van der Waals surface area contributed by atoms with Gasteiger partial charge in [-0.15, -0.1) is 0 Å². The zero-order valence-electron chi connectivity index (χ0n) is 11.5. The van der Waals surface area contributed by atoms with Gasteiger partial charge in [0.25, 0.3) is 0 Å². The van der Waals surface area contributed by atoms with Gasteiger partial charge < -0.3 is 15.2 Å². The van der Waals surface area contributed by atoms with Crippen LogP contribution in [0.1, 0.15) is 37.0 Å². The van der Waals surface area contributed by atoms with Crippen LogP contribution in [-0.4, -0.2) is 29.7 Å². The van der Waals surface area contributed by atoms with Crippen LogP contribution in [0.25, 0.3) is 0 Å². The Labute approximate surface area is 131 Å². The second kappa shape index (κ2) is 8.21. The first-order chi connectivity index (χ1) is 9.38. The van der Waals surface area contributed by atoms with E-state index in [1.165, 1.54) is 6.07 Å². The molecule has 0 atom stereocenters. The van der Waals surface area contributed by atoms with Gasteiger partial charge in [0.15, 0.2) is 0 Å². The number of halogens is 1. The van der Waals surface area contributed by atoms with E-state index in [1.807, 2.05) is 36.4 Å². The normalized spacial score (nSPS) is 10.6. The summed E-state index contributed by atoms with van der Waals surface area (Å²) in [6, 6.07) is 4.73. The van der Waals surface area contributed by atoms with E-state index in [-0.39, 0.29) is 17.6 Å². The number of benzene rings is 1. The molecule has 1 rings (SSSR count). The van der Waals surface area contributed by atoms with Gasteiger partial charge in [-0.25, -0.2) is 4.79 Å². The summed E-state index contributed by atoms with van der Waals surface area (Å²) in [5.74, 6) is -1.15. The largest absolute Gasteiger partial charge is 0.478 e. The molecule has 0 aliphatic carbocycles. The fourth-order valence-electron chi connectivity index (χ4n) is 1.56. The summed E-state index contributed by atoms with van der Waals surface area (Å²) < 4.78 is 6.12. The smallest absolute Gasteiger partial charge is 0.335 e. The third-order valence-corrected chi connectivity index (χ3v) is 3.05. The molecular formula is C14H18INO4. The highest BCUT2D eigenvalue weighted by Gasteiger charge is 2.08. The van der Waals surface area contributed by atoms with Gasteiger partial charge in [0, 0.05) is 22.3 Å². The van der Waals surface area contributed by atoms with Crippen LogP contribution >= 0.6 is 22.6 Å². The average molecular weight is 391 g/mol. The van der Waals surface area contributed by atoms with Crippen LogP contribution in [0.4, 0.5) is 5.69 Å². The molecule has 5 nitrogen and oxygen atoms in total. The molecule has 1 aromatic carbocycles. The van der Waals surface area contributed by atoms with Crippen molar-refractivity contribution in [2.24, 2.45) is 0 Å². The Hall–Kier alpha value is -1.15. The average Bonchev–Trinajstić information content (AvgIpc) is 2.33. The van der Waals surface area contributed by atoms with Crippen LogP contribution in [0.2, 0.25) is 0 Å². The Morgan fingerprint density at radius 3 is 2.65 bits per heavy atom. The number of carbonyl (C=O) groups excluding carboxylic acids is 1. The van der Waals surface area contributed by atoms with Crippen LogP contribution in [0, 0.1) is 3.57 Å². The molecule has 2 N–H and O–H groups in total. The molecule has 0 saturated carbocycles. The van der Waals surface area contributed by atoms with Crippen molar-refractivity contribution < 1.29 is 19.4 Å². The van der Waals surface area contributed by atoms with Gasteiger partial charge in [-0.05, 0) is 61.1 Å². The van der Waals surface area contributed by atoms with E-state index in [9.17, 15) is 9.59 Å². The van der Waals surface area contributed by atoms with E-state index in [2.05, 4.69) is 5.32 Å². The van der Waals surface area contributed by atoms with Crippen molar-refractivity contribution >= 4 is 40.2 Å². The predicted octanol–water partition coefficient (Wildman–Crippen LogP) is 3.13. The molecule has 20 heavy (non-hydrogen) atoms. The number of hydrogen-bond acceptors (Lipinski definition) is 3. The number of carboxylic acid groups (broad SMARTS) is 1. The number of aromatic carboxylic acids is 1. The minimum atomic E-state index is -1.01. The Kier molecular flexibility index (Phi) is 6.94. The van der Waals surface area contributed by atoms with Crippen molar-refractivity contribution in [2.75, 3.05) is 11.9 Å². The summed E-state index contributed by atoms with van der Waals surface area (Å²) in [4.78, 5) is 22.7. The Balaban J connectivity index is 2.51. The number of carbonyl (C=O) groups is 2. The van der Waals surface area contributed by atoms with Gasteiger partial charge in [0.1, 0.15) is 0 Å². The first-order valence-electron chi connectivity index (χ1n) is 6.34. The molecule has 0 aliphatic rings. The van der Waals surface area contributed by atoms with Crippen molar-refractivity contribution in [3.8, 4) is 0 Å². The molecule has 0 bridgehead atoms. The first-order valence-corrected chi connectivity index (χ1v) is 7.41. The fraction of sp³-hybridized carbons (Fsp3) is 0.429. The maximum absolute atomic E-state index is 11.7. The lowest BCUT2D eigenvalue weighted by molar-refractivity contribution is -0.116. The molecule has 1 amide bonds. The minimum absolute atomic E-state index is 0.143. The molecule has 0 radical (unpaired) electrons. The number of ether oxygens (including phenoxy) is 1. The second-order valence-electron chi connectivity index (χ2n) is 4.61. The molecule has 0 saturated heterocycles. The van der Waals surface area contributed by atoms with Gasteiger partial charge in [-0.3, -0.25) is 4.79 Å². The van der Waals surface area contributed by atoms with Gasteiger partial charge >= 0.3 is 5.97 Å². The highest BCUT2D eigenvalue weighted by Crippen LogP contribution is 2.17. The number of carboxylic acids is 1. The molecule has 0 spiro atoms. The molecular weight excluding hydrogens is 373 g/mol. The number of amides is 1.